The number of thiazole rings is 1. The second kappa shape index (κ2) is 4.44. The number of rotatable bonds is 3. The highest BCUT2D eigenvalue weighted by atomic mass is 32.1. The fourth-order valence-electron chi connectivity index (χ4n) is 1.34. The fourth-order valence-corrected chi connectivity index (χ4v) is 1.92. The number of nitrogens with zero attached hydrogens (tertiary/aromatic N) is 3. The summed E-state index contributed by atoms with van der Waals surface area (Å²) >= 11 is 1.48. The topological polar surface area (TPSA) is 61.9 Å². The molecule has 2 aromatic heterocycles. The SMILES string of the molecule is Cc1nc(C(=O)N(C)Cc2ncc[nH]2)cs1. The number of aryl methyl sites for hydroxylation is 1. The molecule has 2 aromatic rings. The van der Waals surface area contributed by atoms with Crippen molar-refractivity contribution in [2.45, 2.75) is 13.5 Å². The molecule has 2 heterocycles. The Kier molecular flexibility index (Phi) is 3.00. The van der Waals surface area contributed by atoms with E-state index in [1.807, 2.05) is 6.92 Å². The first-order valence-electron chi connectivity index (χ1n) is 4.82. The molecule has 6 heteroatoms. The third-order valence-corrected chi connectivity index (χ3v) is 2.90. The molecule has 0 aliphatic rings. The first kappa shape index (κ1) is 10.8. The largest absolute Gasteiger partial charge is 0.347 e. The Morgan fingerprint density at radius 1 is 1.62 bits per heavy atom. The van der Waals surface area contributed by atoms with Crippen molar-refractivity contribution < 1.29 is 4.79 Å². The summed E-state index contributed by atoms with van der Waals surface area (Å²) in [4.78, 5) is 24.7. The van der Waals surface area contributed by atoms with Crippen LogP contribution in [-0.2, 0) is 6.54 Å². The molecule has 16 heavy (non-hydrogen) atoms. The monoisotopic (exact) mass is 236 g/mol. The minimum Gasteiger partial charge on any atom is -0.347 e. The van der Waals surface area contributed by atoms with Crippen molar-refractivity contribution in [3.05, 3.63) is 34.3 Å². The molecule has 0 saturated carbocycles. The van der Waals surface area contributed by atoms with Gasteiger partial charge in [-0.15, -0.1) is 11.3 Å². The zero-order chi connectivity index (χ0) is 11.5. The highest BCUT2D eigenvalue weighted by Crippen LogP contribution is 2.10. The third-order valence-electron chi connectivity index (χ3n) is 2.13. The lowest BCUT2D eigenvalue weighted by Gasteiger charge is -2.13. The van der Waals surface area contributed by atoms with Gasteiger partial charge in [-0.1, -0.05) is 0 Å². The quantitative estimate of drug-likeness (QED) is 0.877. The van der Waals surface area contributed by atoms with Crippen molar-refractivity contribution >= 4 is 17.2 Å². The predicted octanol–water partition coefficient (Wildman–Crippen LogP) is 1.45. The molecule has 0 spiro atoms. The summed E-state index contributed by atoms with van der Waals surface area (Å²) in [6.07, 6.45) is 3.40. The summed E-state index contributed by atoms with van der Waals surface area (Å²) in [5, 5.41) is 2.67. The molecule has 5 nitrogen and oxygen atoms in total. The average Bonchev–Trinajstić information content (AvgIpc) is 2.88. The summed E-state index contributed by atoms with van der Waals surface area (Å²) in [6, 6.07) is 0. The number of carbonyl (C=O) groups is 1. The predicted molar refractivity (Wildman–Crippen MR) is 61.2 cm³/mol. The van der Waals surface area contributed by atoms with Crippen LogP contribution in [0.5, 0.6) is 0 Å². The van der Waals surface area contributed by atoms with Crippen LogP contribution >= 0.6 is 11.3 Å². The van der Waals surface area contributed by atoms with Gasteiger partial charge in [-0.25, -0.2) is 9.97 Å². The number of hydrogen-bond donors (Lipinski definition) is 1. The smallest absolute Gasteiger partial charge is 0.273 e. The van der Waals surface area contributed by atoms with E-state index >= 15 is 0 Å². The number of hydrogen-bond acceptors (Lipinski definition) is 4. The summed E-state index contributed by atoms with van der Waals surface area (Å²) in [7, 11) is 1.74. The molecular formula is C10H12N4OS. The van der Waals surface area contributed by atoms with Gasteiger partial charge in [-0.05, 0) is 6.92 Å². The van der Waals surface area contributed by atoms with Crippen molar-refractivity contribution in [1.29, 1.82) is 0 Å². The number of nitrogens with one attached hydrogen (secondary N) is 1. The molecular weight excluding hydrogens is 224 g/mol. The van der Waals surface area contributed by atoms with Gasteiger partial charge in [0.2, 0.25) is 0 Å². The van der Waals surface area contributed by atoms with Crippen LogP contribution in [0.15, 0.2) is 17.8 Å². The van der Waals surface area contributed by atoms with Crippen LogP contribution in [0, 0.1) is 6.92 Å². The van der Waals surface area contributed by atoms with Crippen LogP contribution in [0.2, 0.25) is 0 Å². The van der Waals surface area contributed by atoms with Crippen LogP contribution in [0.25, 0.3) is 0 Å². The maximum atomic E-state index is 11.9. The van der Waals surface area contributed by atoms with E-state index in [4.69, 9.17) is 0 Å². The standard InChI is InChI=1S/C10H12N4OS/c1-7-13-8(6-16-7)10(15)14(2)5-9-11-3-4-12-9/h3-4,6H,5H2,1-2H3,(H,11,12). The Hall–Kier alpha value is -1.69. The van der Waals surface area contributed by atoms with E-state index in [0.717, 1.165) is 10.8 Å². The highest BCUT2D eigenvalue weighted by molar-refractivity contribution is 7.09. The van der Waals surface area contributed by atoms with Gasteiger partial charge in [-0.3, -0.25) is 4.79 Å². The Morgan fingerprint density at radius 2 is 2.44 bits per heavy atom. The molecule has 84 valence electrons. The highest BCUT2D eigenvalue weighted by Gasteiger charge is 2.15. The molecule has 0 aromatic carbocycles. The summed E-state index contributed by atoms with van der Waals surface area (Å²) in [6.45, 7) is 2.34. The normalized spacial score (nSPS) is 10.4. The third kappa shape index (κ3) is 2.27. The molecule has 1 N–H and O–H groups in total. The van der Waals surface area contributed by atoms with E-state index in [0.29, 0.717) is 12.2 Å². The van der Waals surface area contributed by atoms with Gasteiger partial charge in [0.1, 0.15) is 11.5 Å². The van der Waals surface area contributed by atoms with Gasteiger partial charge in [0.15, 0.2) is 0 Å². The van der Waals surface area contributed by atoms with E-state index in [1.54, 1.807) is 29.7 Å². The van der Waals surface area contributed by atoms with Gasteiger partial charge >= 0.3 is 0 Å². The van der Waals surface area contributed by atoms with E-state index in [2.05, 4.69) is 15.0 Å². The van der Waals surface area contributed by atoms with E-state index in [1.165, 1.54) is 11.3 Å². The lowest BCUT2D eigenvalue weighted by atomic mass is 10.4. The zero-order valence-electron chi connectivity index (χ0n) is 9.10. The Morgan fingerprint density at radius 3 is 3.00 bits per heavy atom. The summed E-state index contributed by atoms with van der Waals surface area (Å²) in [5.41, 5.74) is 0.497. The molecule has 0 atom stereocenters. The van der Waals surface area contributed by atoms with Crippen molar-refractivity contribution in [3.8, 4) is 0 Å². The molecule has 0 radical (unpaired) electrons. The maximum Gasteiger partial charge on any atom is 0.273 e. The second-order valence-electron chi connectivity index (χ2n) is 3.45. The number of aromatic nitrogens is 3. The van der Waals surface area contributed by atoms with Crippen LogP contribution in [-0.4, -0.2) is 32.8 Å². The molecule has 0 aliphatic carbocycles. The number of H-pyrrole nitrogens is 1. The lowest BCUT2D eigenvalue weighted by Crippen LogP contribution is -2.27. The number of aromatic amines is 1. The van der Waals surface area contributed by atoms with Gasteiger partial charge in [-0.2, -0.15) is 0 Å². The van der Waals surface area contributed by atoms with Crippen LogP contribution in [0.4, 0.5) is 0 Å². The maximum absolute atomic E-state index is 11.9. The van der Waals surface area contributed by atoms with Crippen molar-refractivity contribution in [2.24, 2.45) is 0 Å². The lowest BCUT2D eigenvalue weighted by molar-refractivity contribution is 0.0776. The molecule has 0 aliphatic heterocycles. The molecule has 0 bridgehead atoms. The van der Waals surface area contributed by atoms with Gasteiger partial charge in [0, 0.05) is 24.8 Å². The van der Waals surface area contributed by atoms with Gasteiger partial charge in [0.05, 0.1) is 11.6 Å². The Balaban J connectivity index is 2.05. The summed E-state index contributed by atoms with van der Waals surface area (Å²) < 4.78 is 0. The number of carbonyl (C=O) groups excluding carboxylic acids is 1. The molecule has 0 fully saturated rings. The molecule has 2 rings (SSSR count). The molecule has 0 saturated heterocycles. The Bertz CT molecular complexity index is 477. The van der Waals surface area contributed by atoms with Crippen LogP contribution in [0.3, 0.4) is 0 Å². The molecule has 0 unspecified atom stereocenters. The zero-order valence-corrected chi connectivity index (χ0v) is 9.91. The summed E-state index contributed by atoms with van der Waals surface area (Å²) in [5.74, 6) is 0.684. The number of imidazole rings is 1. The fraction of sp³-hybridized carbons (Fsp3) is 0.300. The van der Waals surface area contributed by atoms with Crippen molar-refractivity contribution in [1.82, 2.24) is 19.9 Å². The average molecular weight is 236 g/mol. The Labute approximate surface area is 97.2 Å². The minimum absolute atomic E-state index is 0.0826. The van der Waals surface area contributed by atoms with Crippen LogP contribution < -0.4 is 0 Å². The second-order valence-corrected chi connectivity index (χ2v) is 4.51. The van der Waals surface area contributed by atoms with E-state index < -0.39 is 0 Å². The van der Waals surface area contributed by atoms with E-state index in [-0.39, 0.29) is 5.91 Å². The number of amides is 1. The van der Waals surface area contributed by atoms with E-state index in [9.17, 15) is 4.79 Å². The van der Waals surface area contributed by atoms with Gasteiger partial charge in [0.25, 0.3) is 5.91 Å². The molecule has 1 amide bonds. The van der Waals surface area contributed by atoms with Crippen LogP contribution in [0.1, 0.15) is 21.3 Å². The van der Waals surface area contributed by atoms with Crippen molar-refractivity contribution in [3.63, 3.8) is 0 Å². The first-order chi connectivity index (χ1) is 7.66. The van der Waals surface area contributed by atoms with Crippen molar-refractivity contribution in [2.75, 3.05) is 7.05 Å². The first-order valence-corrected chi connectivity index (χ1v) is 5.70. The van der Waals surface area contributed by atoms with Gasteiger partial charge < -0.3 is 9.88 Å². The minimum atomic E-state index is -0.0826.